The molecule has 1 aromatic heterocycles. The number of aromatic nitrogens is 3. The highest BCUT2D eigenvalue weighted by atomic mass is 32.2. The summed E-state index contributed by atoms with van der Waals surface area (Å²) in [5, 5.41) is 6.74. The van der Waals surface area contributed by atoms with Crippen molar-refractivity contribution >= 4 is 41.0 Å². The number of fused-ring (bicyclic) bond motifs is 2. The first-order valence-electron chi connectivity index (χ1n) is 10.7. The lowest BCUT2D eigenvalue weighted by Crippen LogP contribution is -2.20. The second-order valence-electron chi connectivity index (χ2n) is 7.22. The molecule has 0 aliphatic carbocycles. The molecule has 0 atom stereocenters. The molecule has 0 radical (unpaired) electrons. The van der Waals surface area contributed by atoms with Crippen LogP contribution in [-0.2, 0) is 0 Å². The molecule has 0 unspecified atom stereocenters. The molecule has 156 valence electrons. The molecule has 0 saturated heterocycles. The highest BCUT2D eigenvalue weighted by molar-refractivity contribution is 7.99. The van der Waals surface area contributed by atoms with Crippen molar-refractivity contribution in [3.63, 3.8) is 0 Å². The number of hydrogen-bond donors (Lipinski definition) is 2. The third-order valence-electron chi connectivity index (χ3n) is 4.88. The molecule has 1 aliphatic heterocycles. The normalized spacial score (nSPS) is 12.3. The van der Waals surface area contributed by atoms with E-state index < -0.39 is 0 Å². The lowest BCUT2D eigenvalue weighted by molar-refractivity contribution is 0.814. The summed E-state index contributed by atoms with van der Waals surface area (Å²) in [5.74, 6) is 1.85. The van der Waals surface area contributed by atoms with E-state index in [0.717, 1.165) is 50.1 Å². The standard InChI is InChI=1S/C23H28N6S/c1-3-5-15-24-21-26-22(25-16-6-4-2)28-23(27-21)29-17-11-7-9-13-19(17)30-20-14-10-8-12-18(20)29/h7-14H,3-6,15-16H2,1-2H3,(H2,24,25,26,27,28). The summed E-state index contributed by atoms with van der Waals surface area (Å²) >= 11 is 1.78. The van der Waals surface area contributed by atoms with Crippen LogP contribution in [0.1, 0.15) is 39.5 Å². The van der Waals surface area contributed by atoms with E-state index in [2.05, 4.69) is 82.9 Å². The van der Waals surface area contributed by atoms with Crippen LogP contribution >= 0.6 is 11.8 Å². The number of anilines is 5. The Morgan fingerprint density at radius 3 is 1.73 bits per heavy atom. The van der Waals surface area contributed by atoms with E-state index in [1.807, 2.05) is 0 Å². The Balaban J connectivity index is 1.76. The van der Waals surface area contributed by atoms with Crippen LogP contribution in [-0.4, -0.2) is 28.0 Å². The number of nitrogens with one attached hydrogen (secondary N) is 2. The van der Waals surface area contributed by atoms with Gasteiger partial charge in [0.1, 0.15) is 0 Å². The van der Waals surface area contributed by atoms with Crippen LogP contribution in [0, 0.1) is 0 Å². The summed E-state index contributed by atoms with van der Waals surface area (Å²) in [6.07, 6.45) is 4.39. The molecule has 2 N–H and O–H groups in total. The summed E-state index contributed by atoms with van der Waals surface area (Å²) in [4.78, 5) is 18.7. The van der Waals surface area contributed by atoms with E-state index in [1.54, 1.807) is 11.8 Å². The van der Waals surface area contributed by atoms with Gasteiger partial charge in [0.15, 0.2) is 0 Å². The number of benzene rings is 2. The summed E-state index contributed by atoms with van der Waals surface area (Å²) in [7, 11) is 0. The minimum Gasteiger partial charge on any atom is -0.354 e. The molecule has 6 nitrogen and oxygen atoms in total. The first-order valence-corrected chi connectivity index (χ1v) is 11.5. The zero-order chi connectivity index (χ0) is 20.8. The van der Waals surface area contributed by atoms with Gasteiger partial charge in [0.2, 0.25) is 17.8 Å². The fourth-order valence-electron chi connectivity index (χ4n) is 3.30. The van der Waals surface area contributed by atoms with Crippen LogP contribution in [0.3, 0.4) is 0 Å². The van der Waals surface area contributed by atoms with Crippen molar-refractivity contribution in [2.24, 2.45) is 0 Å². The van der Waals surface area contributed by atoms with Crippen LogP contribution in [0.4, 0.5) is 29.2 Å². The molecular formula is C23H28N6S. The number of nitrogens with zero attached hydrogens (tertiary/aromatic N) is 4. The third kappa shape index (κ3) is 4.51. The highest BCUT2D eigenvalue weighted by Gasteiger charge is 2.27. The van der Waals surface area contributed by atoms with Crippen molar-refractivity contribution in [2.45, 2.75) is 49.3 Å². The Hall–Kier alpha value is -2.80. The van der Waals surface area contributed by atoms with Gasteiger partial charge in [-0.15, -0.1) is 0 Å². The summed E-state index contributed by atoms with van der Waals surface area (Å²) < 4.78 is 0. The molecule has 30 heavy (non-hydrogen) atoms. The van der Waals surface area contributed by atoms with Gasteiger partial charge in [-0.3, -0.25) is 4.90 Å². The highest BCUT2D eigenvalue weighted by Crippen LogP contribution is 2.50. The van der Waals surface area contributed by atoms with E-state index in [-0.39, 0.29) is 0 Å². The topological polar surface area (TPSA) is 66.0 Å². The molecule has 0 spiro atoms. The first kappa shape index (κ1) is 20.5. The second kappa shape index (κ2) is 9.80. The van der Waals surface area contributed by atoms with Crippen molar-refractivity contribution < 1.29 is 0 Å². The average Bonchev–Trinajstić information content (AvgIpc) is 2.77. The van der Waals surface area contributed by atoms with Gasteiger partial charge in [-0.05, 0) is 37.1 Å². The molecule has 2 heterocycles. The molecule has 1 aliphatic rings. The molecule has 0 fully saturated rings. The first-order chi connectivity index (χ1) is 14.8. The van der Waals surface area contributed by atoms with Gasteiger partial charge < -0.3 is 10.6 Å². The number of para-hydroxylation sites is 2. The third-order valence-corrected chi connectivity index (χ3v) is 6.01. The van der Waals surface area contributed by atoms with E-state index in [9.17, 15) is 0 Å². The van der Waals surface area contributed by atoms with Crippen molar-refractivity contribution in [3.8, 4) is 0 Å². The van der Waals surface area contributed by atoms with Crippen LogP contribution in [0.15, 0.2) is 58.3 Å². The maximum absolute atomic E-state index is 4.80. The van der Waals surface area contributed by atoms with Gasteiger partial charge in [0.25, 0.3) is 0 Å². The van der Waals surface area contributed by atoms with E-state index in [1.165, 1.54) is 9.79 Å². The Kier molecular flexibility index (Phi) is 6.69. The van der Waals surface area contributed by atoms with Gasteiger partial charge in [-0.1, -0.05) is 62.7 Å². The fourth-order valence-corrected chi connectivity index (χ4v) is 4.35. The van der Waals surface area contributed by atoms with Crippen LogP contribution in [0.2, 0.25) is 0 Å². The van der Waals surface area contributed by atoms with Crippen molar-refractivity contribution in [2.75, 3.05) is 28.6 Å². The number of hydrogen-bond acceptors (Lipinski definition) is 7. The van der Waals surface area contributed by atoms with Gasteiger partial charge in [0, 0.05) is 22.9 Å². The summed E-state index contributed by atoms with van der Waals surface area (Å²) in [6.45, 7) is 6.05. The molecule has 0 saturated carbocycles. The summed E-state index contributed by atoms with van der Waals surface area (Å²) in [6, 6.07) is 16.8. The minimum atomic E-state index is 0.612. The SMILES string of the molecule is CCCCNc1nc(NCCCC)nc(N2c3ccccc3Sc3ccccc32)n1. The van der Waals surface area contributed by atoms with Crippen molar-refractivity contribution in [3.05, 3.63) is 48.5 Å². The molecule has 0 bridgehead atoms. The lowest BCUT2D eigenvalue weighted by atomic mass is 10.2. The largest absolute Gasteiger partial charge is 0.354 e. The Labute approximate surface area is 182 Å². The zero-order valence-electron chi connectivity index (χ0n) is 17.6. The molecular weight excluding hydrogens is 392 g/mol. The van der Waals surface area contributed by atoms with E-state index in [0.29, 0.717) is 17.8 Å². The maximum atomic E-state index is 4.80. The predicted molar refractivity (Wildman–Crippen MR) is 125 cm³/mol. The minimum absolute atomic E-state index is 0.612. The van der Waals surface area contributed by atoms with E-state index >= 15 is 0 Å². The monoisotopic (exact) mass is 420 g/mol. The maximum Gasteiger partial charge on any atom is 0.241 e. The lowest BCUT2D eigenvalue weighted by Gasteiger charge is -2.31. The smallest absolute Gasteiger partial charge is 0.241 e. The molecule has 7 heteroatoms. The fraction of sp³-hybridized carbons (Fsp3) is 0.348. The number of unbranched alkanes of at least 4 members (excludes halogenated alkanes) is 2. The average molecular weight is 421 g/mol. The van der Waals surface area contributed by atoms with Crippen molar-refractivity contribution in [1.29, 1.82) is 0 Å². The zero-order valence-corrected chi connectivity index (χ0v) is 18.4. The molecule has 3 aromatic rings. The molecule has 4 rings (SSSR count). The van der Waals surface area contributed by atoms with Crippen LogP contribution in [0.5, 0.6) is 0 Å². The second-order valence-corrected chi connectivity index (χ2v) is 8.30. The van der Waals surface area contributed by atoms with Crippen LogP contribution < -0.4 is 15.5 Å². The number of rotatable bonds is 9. The molecule has 0 amide bonds. The molecule has 2 aromatic carbocycles. The van der Waals surface area contributed by atoms with Crippen molar-refractivity contribution in [1.82, 2.24) is 15.0 Å². The summed E-state index contributed by atoms with van der Waals surface area (Å²) in [5.41, 5.74) is 2.18. The Morgan fingerprint density at radius 2 is 1.23 bits per heavy atom. The van der Waals surface area contributed by atoms with Crippen LogP contribution in [0.25, 0.3) is 0 Å². The van der Waals surface area contributed by atoms with E-state index in [4.69, 9.17) is 9.97 Å². The quantitative estimate of drug-likeness (QED) is 0.311. The van der Waals surface area contributed by atoms with Gasteiger partial charge in [0.05, 0.1) is 11.4 Å². The Morgan fingerprint density at radius 1 is 0.733 bits per heavy atom. The van der Waals surface area contributed by atoms with Gasteiger partial charge in [-0.2, -0.15) is 15.0 Å². The predicted octanol–water partition coefficient (Wildman–Crippen LogP) is 6.23. The van der Waals surface area contributed by atoms with Gasteiger partial charge >= 0.3 is 0 Å². The van der Waals surface area contributed by atoms with Gasteiger partial charge in [-0.25, -0.2) is 0 Å². The Bertz CT molecular complexity index is 919.